The zero-order valence-corrected chi connectivity index (χ0v) is 12.6. The third kappa shape index (κ3) is 3.23. The molecule has 106 valence electrons. The van der Waals surface area contributed by atoms with Crippen LogP contribution in [0.3, 0.4) is 0 Å². The number of pyridine rings is 1. The minimum absolute atomic E-state index is 0.239. The van der Waals surface area contributed by atoms with Crippen LogP contribution in [-0.4, -0.2) is 4.98 Å². The largest absolute Gasteiger partial charge is 0.306 e. The van der Waals surface area contributed by atoms with Gasteiger partial charge in [-0.2, -0.15) is 0 Å². The highest BCUT2D eigenvalue weighted by Gasteiger charge is 2.07. The second-order valence-electron chi connectivity index (χ2n) is 5.15. The Labute approximate surface area is 129 Å². The van der Waals surface area contributed by atoms with Crippen molar-refractivity contribution in [3.05, 3.63) is 76.9 Å². The van der Waals surface area contributed by atoms with Crippen LogP contribution in [0.15, 0.2) is 60.8 Å². The van der Waals surface area contributed by atoms with Gasteiger partial charge >= 0.3 is 0 Å². The number of rotatable bonds is 4. The quantitative estimate of drug-likeness (QED) is 0.752. The van der Waals surface area contributed by atoms with Crippen LogP contribution >= 0.6 is 11.6 Å². The molecular formula is C18H17ClN2. The molecular weight excluding hydrogens is 280 g/mol. The van der Waals surface area contributed by atoms with E-state index in [4.69, 9.17) is 11.6 Å². The van der Waals surface area contributed by atoms with Gasteiger partial charge in [0.25, 0.3) is 0 Å². The van der Waals surface area contributed by atoms with Crippen LogP contribution in [0.4, 0.5) is 0 Å². The number of hydrogen-bond donors (Lipinski definition) is 1. The summed E-state index contributed by atoms with van der Waals surface area (Å²) in [5.74, 6) is 0. The predicted octanol–water partition coefficient (Wildman–Crippen LogP) is 4.74. The smallest absolute Gasteiger partial charge is 0.0746 e. The summed E-state index contributed by atoms with van der Waals surface area (Å²) in [6.45, 7) is 2.92. The maximum Gasteiger partial charge on any atom is 0.0746 e. The number of nitrogens with zero attached hydrogens (tertiary/aromatic N) is 1. The summed E-state index contributed by atoms with van der Waals surface area (Å²) in [6.07, 6.45) is 1.84. The van der Waals surface area contributed by atoms with Crippen molar-refractivity contribution in [3.63, 3.8) is 0 Å². The van der Waals surface area contributed by atoms with E-state index in [1.807, 2.05) is 30.5 Å². The highest BCUT2D eigenvalue weighted by Crippen LogP contribution is 2.20. The van der Waals surface area contributed by atoms with E-state index in [1.165, 1.54) is 16.5 Å². The lowest BCUT2D eigenvalue weighted by Crippen LogP contribution is -2.18. The van der Waals surface area contributed by atoms with Crippen molar-refractivity contribution >= 4 is 22.5 Å². The Morgan fingerprint density at radius 1 is 1.10 bits per heavy atom. The van der Waals surface area contributed by atoms with Gasteiger partial charge in [0.1, 0.15) is 0 Å². The van der Waals surface area contributed by atoms with Gasteiger partial charge in [-0.3, -0.25) is 4.98 Å². The molecule has 1 N–H and O–H groups in total. The summed E-state index contributed by atoms with van der Waals surface area (Å²) < 4.78 is 0. The maximum atomic E-state index is 6.05. The monoisotopic (exact) mass is 296 g/mol. The number of benzene rings is 2. The van der Waals surface area contributed by atoms with Crippen molar-refractivity contribution in [2.24, 2.45) is 0 Å². The molecule has 0 saturated heterocycles. The standard InChI is InChI=1S/C18H17ClN2/c1-13(15-6-3-9-17(19)11-15)21-12-16-7-2-5-14-8-4-10-20-18(14)16/h2-11,13,21H,12H2,1H3/t13-/m1/s1. The SMILES string of the molecule is C[C@@H](NCc1cccc2cccnc12)c1cccc(Cl)c1. The van der Waals surface area contributed by atoms with Crippen molar-refractivity contribution in [1.29, 1.82) is 0 Å². The molecule has 3 aromatic rings. The lowest BCUT2D eigenvalue weighted by Gasteiger charge is -2.15. The Kier molecular flexibility index (Phi) is 4.18. The Hall–Kier alpha value is -1.90. The number of hydrogen-bond acceptors (Lipinski definition) is 2. The molecule has 3 rings (SSSR count). The first-order valence-electron chi connectivity index (χ1n) is 7.05. The molecule has 0 saturated carbocycles. The Morgan fingerprint density at radius 3 is 2.76 bits per heavy atom. The molecule has 0 spiro atoms. The van der Waals surface area contributed by atoms with Crippen molar-refractivity contribution in [2.45, 2.75) is 19.5 Å². The normalized spacial score (nSPS) is 12.5. The summed E-state index contributed by atoms with van der Waals surface area (Å²) in [4.78, 5) is 4.48. The number of para-hydroxylation sites is 1. The molecule has 0 bridgehead atoms. The molecule has 1 atom stereocenters. The minimum Gasteiger partial charge on any atom is -0.306 e. The first-order chi connectivity index (χ1) is 10.2. The van der Waals surface area contributed by atoms with Crippen LogP contribution in [0.2, 0.25) is 5.02 Å². The molecule has 0 aliphatic rings. The summed E-state index contributed by atoms with van der Waals surface area (Å²) in [5, 5.41) is 5.48. The Morgan fingerprint density at radius 2 is 1.90 bits per heavy atom. The van der Waals surface area contributed by atoms with E-state index in [-0.39, 0.29) is 6.04 Å². The van der Waals surface area contributed by atoms with Gasteiger partial charge in [0.15, 0.2) is 0 Å². The number of nitrogens with one attached hydrogen (secondary N) is 1. The van der Waals surface area contributed by atoms with Gasteiger partial charge in [0.05, 0.1) is 5.52 Å². The second-order valence-corrected chi connectivity index (χ2v) is 5.59. The van der Waals surface area contributed by atoms with E-state index < -0.39 is 0 Å². The first kappa shape index (κ1) is 14.1. The van der Waals surface area contributed by atoms with Crippen LogP contribution in [0, 0.1) is 0 Å². The lowest BCUT2D eigenvalue weighted by atomic mass is 10.1. The van der Waals surface area contributed by atoms with Gasteiger partial charge in [-0.05, 0) is 36.2 Å². The molecule has 3 heteroatoms. The lowest BCUT2D eigenvalue weighted by molar-refractivity contribution is 0.576. The number of aromatic nitrogens is 1. The van der Waals surface area contributed by atoms with Gasteiger partial charge in [-0.25, -0.2) is 0 Å². The number of halogens is 1. The molecule has 0 fully saturated rings. The zero-order chi connectivity index (χ0) is 14.7. The van der Waals surface area contributed by atoms with Crippen LogP contribution < -0.4 is 5.32 Å². The van der Waals surface area contributed by atoms with Crippen LogP contribution in [0.25, 0.3) is 10.9 Å². The molecule has 0 unspecified atom stereocenters. The molecule has 0 radical (unpaired) electrons. The topological polar surface area (TPSA) is 24.9 Å². The van der Waals surface area contributed by atoms with E-state index in [0.717, 1.165) is 17.1 Å². The van der Waals surface area contributed by atoms with Gasteiger partial charge in [0, 0.05) is 29.2 Å². The first-order valence-corrected chi connectivity index (χ1v) is 7.43. The zero-order valence-electron chi connectivity index (χ0n) is 11.9. The Balaban J connectivity index is 1.77. The maximum absolute atomic E-state index is 6.05. The molecule has 0 amide bonds. The number of fused-ring (bicyclic) bond motifs is 1. The van der Waals surface area contributed by atoms with Crippen LogP contribution in [0.5, 0.6) is 0 Å². The van der Waals surface area contributed by atoms with Gasteiger partial charge in [0.2, 0.25) is 0 Å². The second kappa shape index (κ2) is 6.25. The Bertz CT molecular complexity index is 750. The average Bonchev–Trinajstić information content (AvgIpc) is 2.52. The highest BCUT2D eigenvalue weighted by atomic mass is 35.5. The third-order valence-corrected chi connectivity index (χ3v) is 3.90. The molecule has 0 aliphatic heterocycles. The fourth-order valence-corrected chi connectivity index (χ4v) is 2.67. The summed E-state index contributed by atoms with van der Waals surface area (Å²) in [5.41, 5.74) is 3.46. The molecule has 2 nitrogen and oxygen atoms in total. The molecule has 2 aromatic carbocycles. The fraction of sp³-hybridized carbons (Fsp3) is 0.167. The van der Waals surface area contributed by atoms with E-state index >= 15 is 0 Å². The molecule has 0 aliphatic carbocycles. The van der Waals surface area contributed by atoms with Gasteiger partial charge < -0.3 is 5.32 Å². The van der Waals surface area contributed by atoms with Crippen molar-refractivity contribution < 1.29 is 0 Å². The van der Waals surface area contributed by atoms with Crippen molar-refractivity contribution in [3.8, 4) is 0 Å². The van der Waals surface area contributed by atoms with Crippen molar-refractivity contribution in [1.82, 2.24) is 10.3 Å². The molecule has 1 aromatic heterocycles. The third-order valence-electron chi connectivity index (χ3n) is 3.66. The molecule has 21 heavy (non-hydrogen) atoms. The van der Waals surface area contributed by atoms with Gasteiger partial charge in [-0.1, -0.05) is 48.0 Å². The minimum atomic E-state index is 0.239. The van der Waals surface area contributed by atoms with E-state index in [9.17, 15) is 0 Å². The van der Waals surface area contributed by atoms with E-state index in [2.05, 4.69) is 47.6 Å². The van der Waals surface area contributed by atoms with E-state index in [0.29, 0.717) is 0 Å². The van der Waals surface area contributed by atoms with Crippen LogP contribution in [0.1, 0.15) is 24.1 Å². The summed E-state index contributed by atoms with van der Waals surface area (Å²) in [7, 11) is 0. The summed E-state index contributed by atoms with van der Waals surface area (Å²) in [6, 6.07) is 18.5. The van der Waals surface area contributed by atoms with Crippen molar-refractivity contribution in [2.75, 3.05) is 0 Å². The van der Waals surface area contributed by atoms with Gasteiger partial charge in [-0.15, -0.1) is 0 Å². The summed E-state index contributed by atoms with van der Waals surface area (Å²) >= 11 is 6.05. The van der Waals surface area contributed by atoms with E-state index in [1.54, 1.807) is 0 Å². The highest BCUT2D eigenvalue weighted by molar-refractivity contribution is 6.30. The fourth-order valence-electron chi connectivity index (χ4n) is 2.47. The molecule has 1 heterocycles. The predicted molar refractivity (Wildman–Crippen MR) is 88.4 cm³/mol. The average molecular weight is 297 g/mol. The van der Waals surface area contributed by atoms with Crippen LogP contribution in [-0.2, 0) is 6.54 Å².